The molecule has 1 aliphatic heterocycles. The second kappa shape index (κ2) is 9.54. The van der Waals surface area contributed by atoms with Crippen LogP contribution in [0.5, 0.6) is 5.75 Å². The highest BCUT2D eigenvalue weighted by Crippen LogP contribution is 2.29. The summed E-state index contributed by atoms with van der Waals surface area (Å²) in [5, 5.41) is 18.1. The van der Waals surface area contributed by atoms with Gasteiger partial charge in [0.05, 0.1) is 25.5 Å². The molecule has 4 aromatic rings. The maximum absolute atomic E-state index is 5.88. The predicted molar refractivity (Wildman–Crippen MR) is 120 cm³/mol. The molecule has 9 heteroatoms. The van der Waals surface area contributed by atoms with E-state index < -0.39 is 0 Å². The lowest BCUT2D eigenvalue weighted by Gasteiger charge is -2.14. The van der Waals surface area contributed by atoms with Gasteiger partial charge in [0, 0.05) is 17.7 Å². The molecule has 2 aromatic heterocycles. The van der Waals surface area contributed by atoms with Gasteiger partial charge in [0.25, 0.3) is 0 Å². The van der Waals surface area contributed by atoms with E-state index in [1.54, 1.807) is 7.11 Å². The molecule has 1 fully saturated rings. The van der Waals surface area contributed by atoms with E-state index in [1.807, 2.05) is 54.6 Å². The van der Waals surface area contributed by atoms with Crippen molar-refractivity contribution in [3.63, 3.8) is 0 Å². The molecule has 164 valence electrons. The first kappa shape index (κ1) is 20.7. The summed E-state index contributed by atoms with van der Waals surface area (Å²) in [5.74, 6) is 3.18. The molecule has 0 saturated carbocycles. The fraction of sp³-hybridized carbons (Fsp3) is 0.304. The average molecular weight is 450 g/mol. The number of thioether (sulfide) groups is 1. The summed E-state index contributed by atoms with van der Waals surface area (Å²) in [5.41, 5.74) is 1.88. The third-order valence-corrected chi connectivity index (χ3v) is 6.24. The van der Waals surface area contributed by atoms with Gasteiger partial charge in [0.15, 0.2) is 11.0 Å². The van der Waals surface area contributed by atoms with E-state index in [-0.39, 0.29) is 6.10 Å². The fourth-order valence-corrected chi connectivity index (χ4v) is 4.43. The molecule has 1 aliphatic rings. The van der Waals surface area contributed by atoms with Crippen LogP contribution < -0.4 is 4.74 Å². The zero-order valence-corrected chi connectivity index (χ0v) is 18.5. The van der Waals surface area contributed by atoms with Gasteiger partial charge < -0.3 is 13.9 Å². The van der Waals surface area contributed by atoms with E-state index in [1.165, 1.54) is 11.8 Å². The van der Waals surface area contributed by atoms with E-state index >= 15 is 0 Å². The highest BCUT2D eigenvalue weighted by atomic mass is 32.2. The van der Waals surface area contributed by atoms with Gasteiger partial charge in [0.2, 0.25) is 11.8 Å². The van der Waals surface area contributed by atoms with Crippen LogP contribution in [0, 0.1) is 0 Å². The topological polar surface area (TPSA) is 88.1 Å². The Morgan fingerprint density at radius 2 is 1.84 bits per heavy atom. The van der Waals surface area contributed by atoms with Crippen molar-refractivity contribution in [3.05, 3.63) is 60.5 Å². The van der Waals surface area contributed by atoms with Crippen molar-refractivity contribution in [2.45, 2.75) is 36.4 Å². The van der Waals surface area contributed by atoms with E-state index in [0.29, 0.717) is 24.1 Å². The quantitative estimate of drug-likeness (QED) is 0.364. The Labute approximate surface area is 190 Å². The minimum atomic E-state index is 0.162. The first-order valence-electron chi connectivity index (χ1n) is 10.5. The van der Waals surface area contributed by atoms with Crippen LogP contribution in [0.15, 0.2) is 64.2 Å². The van der Waals surface area contributed by atoms with Gasteiger partial charge in [-0.15, -0.1) is 20.4 Å². The summed E-state index contributed by atoms with van der Waals surface area (Å²) in [4.78, 5) is 0. The monoisotopic (exact) mass is 449 g/mol. The molecule has 8 nitrogen and oxygen atoms in total. The number of methoxy groups -OCH3 is 1. The van der Waals surface area contributed by atoms with Crippen LogP contribution in [0.25, 0.3) is 22.8 Å². The molecule has 0 bridgehead atoms. The van der Waals surface area contributed by atoms with Crippen LogP contribution in [0.4, 0.5) is 0 Å². The lowest BCUT2D eigenvalue weighted by Crippen LogP contribution is -2.16. The van der Waals surface area contributed by atoms with Crippen LogP contribution in [-0.2, 0) is 17.0 Å². The molecule has 0 radical (unpaired) electrons. The summed E-state index contributed by atoms with van der Waals surface area (Å²) in [6, 6.07) is 17.6. The summed E-state index contributed by atoms with van der Waals surface area (Å²) in [6.45, 7) is 1.51. The molecule has 0 aliphatic carbocycles. The number of hydrogen-bond acceptors (Lipinski definition) is 8. The number of aromatic nitrogens is 5. The summed E-state index contributed by atoms with van der Waals surface area (Å²) in [6.07, 6.45) is 2.28. The highest BCUT2D eigenvalue weighted by molar-refractivity contribution is 7.98. The minimum Gasteiger partial charge on any atom is -0.497 e. The summed E-state index contributed by atoms with van der Waals surface area (Å²) in [7, 11) is 1.66. The number of ether oxygens (including phenoxy) is 2. The van der Waals surface area contributed by atoms with E-state index in [2.05, 4.69) is 25.0 Å². The Bertz CT molecular complexity index is 1150. The van der Waals surface area contributed by atoms with Gasteiger partial charge in [-0.05, 0) is 49.2 Å². The predicted octanol–water partition coefficient (Wildman–Crippen LogP) is 4.48. The fourth-order valence-electron chi connectivity index (χ4n) is 3.64. The van der Waals surface area contributed by atoms with Crippen LogP contribution in [-0.4, -0.2) is 44.8 Å². The zero-order valence-electron chi connectivity index (χ0n) is 17.7. The van der Waals surface area contributed by atoms with Crippen molar-refractivity contribution in [2.75, 3.05) is 13.7 Å². The molecule has 5 rings (SSSR count). The van der Waals surface area contributed by atoms with Crippen molar-refractivity contribution in [2.24, 2.45) is 0 Å². The third-order valence-electron chi connectivity index (χ3n) is 5.29. The lowest BCUT2D eigenvalue weighted by atomic mass is 10.2. The molecule has 1 saturated heterocycles. The lowest BCUT2D eigenvalue weighted by molar-refractivity contribution is 0.0953. The SMILES string of the molecule is COc1ccc(-c2nnc(SCc3nnc(-c4ccccc4)o3)n2C[C@@H]2CCCO2)cc1. The Balaban J connectivity index is 1.37. The molecule has 1 atom stereocenters. The molecule has 0 amide bonds. The standard InChI is InChI=1S/C23H23N5O3S/c1-29-18-11-9-16(10-12-18)21-25-27-23(28(21)14-19-8-5-13-30-19)32-15-20-24-26-22(31-20)17-6-3-2-4-7-17/h2-4,6-7,9-12,19H,5,8,13-15H2,1H3/t19-/m0/s1. The molecule has 3 heterocycles. The first-order valence-corrected chi connectivity index (χ1v) is 11.5. The zero-order chi connectivity index (χ0) is 21.8. The summed E-state index contributed by atoms with van der Waals surface area (Å²) >= 11 is 1.53. The van der Waals surface area contributed by atoms with E-state index in [4.69, 9.17) is 13.9 Å². The first-order chi connectivity index (χ1) is 15.8. The number of rotatable bonds is 8. The molecule has 0 N–H and O–H groups in total. The van der Waals surface area contributed by atoms with Crippen molar-refractivity contribution in [1.82, 2.24) is 25.0 Å². The minimum absolute atomic E-state index is 0.162. The van der Waals surface area contributed by atoms with E-state index in [9.17, 15) is 0 Å². The van der Waals surface area contributed by atoms with Gasteiger partial charge >= 0.3 is 0 Å². The van der Waals surface area contributed by atoms with Gasteiger partial charge in [-0.25, -0.2) is 0 Å². The smallest absolute Gasteiger partial charge is 0.247 e. The molecule has 0 spiro atoms. The Morgan fingerprint density at radius 1 is 1.00 bits per heavy atom. The molecule has 32 heavy (non-hydrogen) atoms. The molecule has 0 unspecified atom stereocenters. The van der Waals surface area contributed by atoms with Crippen molar-refractivity contribution in [3.8, 4) is 28.6 Å². The van der Waals surface area contributed by atoms with Gasteiger partial charge in [-0.1, -0.05) is 30.0 Å². The van der Waals surface area contributed by atoms with Gasteiger partial charge in [0.1, 0.15) is 5.75 Å². The molecular weight excluding hydrogens is 426 g/mol. The normalized spacial score (nSPS) is 15.8. The molecule has 2 aromatic carbocycles. The van der Waals surface area contributed by atoms with Crippen LogP contribution in [0.3, 0.4) is 0 Å². The van der Waals surface area contributed by atoms with Crippen LogP contribution in [0.2, 0.25) is 0 Å². The summed E-state index contributed by atoms with van der Waals surface area (Å²) < 4.78 is 19.1. The number of nitrogens with zero attached hydrogens (tertiary/aromatic N) is 5. The second-order valence-electron chi connectivity index (χ2n) is 7.44. The molecular formula is C23H23N5O3S. The van der Waals surface area contributed by atoms with Crippen LogP contribution >= 0.6 is 11.8 Å². The maximum atomic E-state index is 5.88. The Morgan fingerprint density at radius 3 is 2.59 bits per heavy atom. The average Bonchev–Trinajstić information content (AvgIpc) is 3.61. The van der Waals surface area contributed by atoms with Crippen molar-refractivity contribution >= 4 is 11.8 Å². The van der Waals surface area contributed by atoms with E-state index in [0.717, 1.165) is 47.3 Å². The maximum Gasteiger partial charge on any atom is 0.247 e. The largest absolute Gasteiger partial charge is 0.497 e. The number of hydrogen-bond donors (Lipinski definition) is 0. The third kappa shape index (κ3) is 4.53. The Kier molecular flexibility index (Phi) is 6.17. The van der Waals surface area contributed by atoms with Gasteiger partial charge in [-0.2, -0.15) is 0 Å². The van der Waals surface area contributed by atoms with Crippen molar-refractivity contribution in [1.29, 1.82) is 0 Å². The Hall–Kier alpha value is -3.17. The highest BCUT2D eigenvalue weighted by Gasteiger charge is 2.22. The van der Waals surface area contributed by atoms with Gasteiger partial charge in [-0.3, -0.25) is 4.57 Å². The second-order valence-corrected chi connectivity index (χ2v) is 8.38. The van der Waals surface area contributed by atoms with Crippen molar-refractivity contribution < 1.29 is 13.9 Å². The number of benzene rings is 2. The van der Waals surface area contributed by atoms with Crippen LogP contribution in [0.1, 0.15) is 18.7 Å².